The van der Waals surface area contributed by atoms with Crippen LogP contribution in [0.3, 0.4) is 0 Å². The number of rotatable bonds is 9. The highest BCUT2D eigenvalue weighted by atomic mass is 16.5. The fourth-order valence-electron chi connectivity index (χ4n) is 4.50. The van der Waals surface area contributed by atoms with Gasteiger partial charge in [0.2, 0.25) is 0 Å². The van der Waals surface area contributed by atoms with Gasteiger partial charge in [0.05, 0.1) is 40.1 Å². The van der Waals surface area contributed by atoms with Crippen LogP contribution >= 0.6 is 0 Å². The lowest BCUT2D eigenvalue weighted by molar-refractivity contribution is -0.0347. The van der Waals surface area contributed by atoms with E-state index in [-0.39, 0.29) is 17.9 Å². The third kappa shape index (κ3) is 6.75. The minimum atomic E-state index is -0.285. The van der Waals surface area contributed by atoms with Crippen LogP contribution in [0.1, 0.15) is 20.7 Å². The van der Waals surface area contributed by atoms with Gasteiger partial charge in [-0.3, -0.25) is 14.5 Å². The van der Waals surface area contributed by atoms with Gasteiger partial charge in [-0.15, -0.1) is 0 Å². The topological polar surface area (TPSA) is 80.8 Å². The lowest BCUT2D eigenvalue weighted by atomic mass is 10.1. The standard InChI is InChI=1S/C27H35N3O6/c1-33-23-16-22(17-24(18-23)34-2)27(32)30-12-15-36-25(20-30)19-29(9-8-28-10-13-35-14-11-28)26(31)21-6-4-3-5-7-21/h3-7,16-18,25H,8-15,19-20H2,1-2H3. The van der Waals surface area contributed by atoms with Crippen molar-refractivity contribution in [2.45, 2.75) is 6.10 Å². The van der Waals surface area contributed by atoms with E-state index < -0.39 is 0 Å². The summed E-state index contributed by atoms with van der Waals surface area (Å²) in [5.74, 6) is 0.971. The minimum Gasteiger partial charge on any atom is -0.497 e. The number of methoxy groups -OCH3 is 2. The molecule has 2 aromatic carbocycles. The Labute approximate surface area is 212 Å². The van der Waals surface area contributed by atoms with Crippen LogP contribution < -0.4 is 9.47 Å². The van der Waals surface area contributed by atoms with Gasteiger partial charge in [0.25, 0.3) is 11.8 Å². The molecule has 2 aromatic rings. The molecule has 0 saturated carbocycles. The number of amides is 2. The van der Waals surface area contributed by atoms with Crippen LogP contribution in [0.5, 0.6) is 11.5 Å². The maximum absolute atomic E-state index is 13.4. The summed E-state index contributed by atoms with van der Waals surface area (Å²) < 4.78 is 22.1. The molecule has 2 aliphatic rings. The molecule has 0 N–H and O–H groups in total. The van der Waals surface area contributed by atoms with Crippen molar-refractivity contribution in [3.63, 3.8) is 0 Å². The Morgan fingerprint density at radius 3 is 2.31 bits per heavy atom. The molecule has 2 fully saturated rings. The third-order valence-corrected chi connectivity index (χ3v) is 6.55. The van der Waals surface area contributed by atoms with Crippen LogP contribution in [0.2, 0.25) is 0 Å². The van der Waals surface area contributed by atoms with Gasteiger partial charge in [-0.2, -0.15) is 0 Å². The van der Waals surface area contributed by atoms with Crippen molar-refractivity contribution in [2.24, 2.45) is 0 Å². The number of ether oxygens (including phenoxy) is 4. The first-order chi connectivity index (χ1) is 17.6. The number of carbonyl (C=O) groups excluding carboxylic acids is 2. The summed E-state index contributed by atoms with van der Waals surface area (Å²) in [5.41, 5.74) is 1.14. The first-order valence-corrected chi connectivity index (χ1v) is 12.4. The van der Waals surface area contributed by atoms with Gasteiger partial charge in [-0.1, -0.05) is 18.2 Å². The predicted molar refractivity (Wildman–Crippen MR) is 135 cm³/mol. The van der Waals surface area contributed by atoms with E-state index in [9.17, 15) is 9.59 Å². The van der Waals surface area contributed by atoms with Gasteiger partial charge in [-0.05, 0) is 24.3 Å². The van der Waals surface area contributed by atoms with Crippen molar-refractivity contribution < 1.29 is 28.5 Å². The van der Waals surface area contributed by atoms with Gasteiger partial charge in [0.15, 0.2) is 0 Å². The molecule has 1 atom stereocenters. The summed E-state index contributed by atoms with van der Waals surface area (Å²) in [6.07, 6.45) is -0.285. The second kappa shape index (κ2) is 12.7. The van der Waals surface area contributed by atoms with Gasteiger partial charge >= 0.3 is 0 Å². The van der Waals surface area contributed by atoms with Crippen molar-refractivity contribution in [1.82, 2.24) is 14.7 Å². The van der Waals surface area contributed by atoms with Crippen LogP contribution in [0.25, 0.3) is 0 Å². The van der Waals surface area contributed by atoms with Crippen molar-refractivity contribution in [3.8, 4) is 11.5 Å². The average molecular weight is 498 g/mol. The molecule has 4 rings (SSSR count). The van der Waals surface area contributed by atoms with Gasteiger partial charge in [0, 0.05) is 63.0 Å². The van der Waals surface area contributed by atoms with Crippen LogP contribution in [-0.2, 0) is 9.47 Å². The summed E-state index contributed by atoms with van der Waals surface area (Å²) >= 11 is 0. The number of hydrogen-bond donors (Lipinski definition) is 0. The van der Waals surface area contributed by atoms with Gasteiger partial charge < -0.3 is 28.7 Å². The minimum absolute atomic E-state index is 0.0339. The second-order valence-electron chi connectivity index (χ2n) is 8.92. The molecule has 0 radical (unpaired) electrons. The molecule has 0 aromatic heterocycles. The van der Waals surface area contributed by atoms with Gasteiger partial charge in [0.1, 0.15) is 11.5 Å². The maximum atomic E-state index is 13.4. The lowest BCUT2D eigenvalue weighted by Gasteiger charge is -2.37. The van der Waals surface area contributed by atoms with Crippen LogP contribution in [0, 0.1) is 0 Å². The fourth-order valence-corrected chi connectivity index (χ4v) is 4.50. The molecular formula is C27H35N3O6. The van der Waals surface area contributed by atoms with E-state index in [2.05, 4.69) is 4.90 Å². The Hall–Kier alpha value is -3.14. The molecule has 1 unspecified atom stereocenters. The van der Waals surface area contributed by atoms with E-state index in [0.29, 0.717) is 68.6 Å². The van der Waals surface area contributed by atoms with E-state index in [4.69, 9.17) is 18.9 Å². The van der Waals surface area contributed by atoms with E-state index >= 15 is 0 Å². The zero-order valence-corrected chi connectivity index (χ0v) is 21.1. The van der Waals surface area contributed by atoms with Crippen molar-refractivity contribution in [3.05, 3.63) is 59.7 Å². The molecule has 2 amide bonds. The SMILES string of the molecule is COc1cc(OC)cc(C(=O)N2CCOC(CN(CCN3CCOCC3)C(=O)c3ccccc3)C2)c1. The van der Waals surface area contributed by atoms with Crippen molar-refractivity contribution in [1.29, 1.82) is 0 Å². The molecule has 2 heterocycles. The Balaban J connectivity index is 1.44. The van der Waals surface area contributed by atoms with Crippen molar-refractivity contribution in [2.75, 3.05) is 79.9 Å². The normalized spacial score (nSPS) is 18.5. The first kappa shape index (κ1) is 25.9. The van der Waals surface area contributed by atoms with E-state index in [0.717, 1.165) is 19.6 Å². The monoisotopic (exact) mass is 497 g/mol. The highest BCUT2D eigenvalue weighted by Gasteiger charge is 2.29. The second-order valence-corrected chi connectivity index (χ2v) is 8.92. The molecular weight excluding hydrogens is 462 g/mol. The largest absolute Gasteiger partial charge is 0.497 e. The summed E-state index contributed by atoms with van der Waals surface area (Å²) in [6, 6.07) is 14.5. The Morgan fingerprint density at radius 2 is 1.64 bits per heavy atom. The predicted octanol–water partition coefficient (Wildman–Crippen LogP) is 2.02. The smallest absolute Gasteiger partial charge is 0.254 e. The molecule has 0 bridgehead atoms. The lowest BCUT2D eigenvalue weighted by Crippen LogP contribution is -2.52. The van der Waals surface area contributed by atoms with Crippen LogP contribution in [-0.4, -0.2) is 112 Å². The summed E-state index contributed by atoms with van der Waals surface area (Å²) in [4.78, 5) is 32.6. The maximum Gasteiger partial charge on any atom is 0.254 e. The Morgan fingerprint density at radius 1 is 0.944 bits per heavy atom. The Bertz CT molecular complexity index is 990. The number of nitrogens with zero attached hydrogens (tertiary/aromatic N) is 3. The van der Waals surface area contributed by atoms with Crippen molar-refractivity contribution >= 4 is 11.8 Å². The van der Waals surface area contributed by atoms with Crippen LogP contribution in [0.4, 0.5) is 0 Å². The molecule has 0 aliphatic carbocycles. The molecule has 2 aliphatic heterocycles. The number of hydrogen-bond acceptors (Lipinski definition) is 7. The van der Waals surface area contributed by atoms with E-state index in [1.807, 2.05) is 35.2 Å². The molecule has 0 spiro atoms. The summed E-state index contributed by atoms with van der Waals surface area (Å²) in [7, 11) is 3.12. The zero-order valence-electron chi connectivity index (χ0n) is 21.1. The van der Waals surface area contributed by atoms with Crippen LogP contribution in [0.15, 0.2) is 48.5 Å². The van der Waals surface area contributed by atoms with E-state index in [1.165, 1.54) is 0 Å². The molecule has 9 heteroatoms. The van der Waals surface area contributed by atoms with E-state index in [1.54, 1.807) is 37.3 Å². The quantitative estimate of drug-likeness (QED) is 0.524. The first-order valence-electron chi connectivity index (χ1n) is 12.4. The summed E-state index contributed by atoms with van der Waals surface area (Å²) in [5, 5.41) is 0. The highest BCUT2D eigenvalue weighted by molar-refractivity contribution is 5.95. The highest BCUT2D eigenvalue weighted by Crippen LogP contribution is 2.24. The molecule has 36 heavy (non-hydrogen) atoms. The van der Waals surface area contributed by atoms with Gasteiger partial charge in [-0.25, -0.2) is 0 Å². The number of benzene rings is 2. The molecule has 9 nitrogen and oxygen atoms in total. The zero-order chi connectivity index (χ0) is 25.3. The fraction of sp³-hybridized carbons (Fsp3) is 0.481. The third-order valence-electron chi connectivity index (χ3n) is 6.55. The molecule has 194 valence electrons. The average Bonchev–Trinajstić information content (AvgIpc) is 2.95. The number of morpholine rings is 2. The summed E-state index contributed by atoms with van der Waals surface area (Å²) in [6.45, 7) is 6.19. The molecule has 2 saturated heterocycles. The Kier molecular flexibility index (Phi) is 9.16. The number of carbonyl (C=O) groups is 2.